The van der Waals surface area contributed by atoms with E-state index in [-0.39, 0.29) is 23.5 Å². The van der Waals surface area contributed by atoms with E-state index in [4.69, 9.17) is 10.8 Å². The minimum Gasteiger partial charge on any atom is -0.480 e. The van der Waals surface area contributed by atoms with E-state index in [9.17, 15) is 24.5 Å². The first-order chi connectivity index (χ1) is 10.8. The molecule has 23 heavy (non-hydrogen) atoms. The molecule has 0 bridgehead atoms. The van der Waals surface area contributed by atoms with E-state index in [1.807, 2.05) is 0 Å². The molecule has 1 aliphatic rings. The molecular weight excluding hydrogens is 326 g/mol. The van der Waals surface area contributed by atoms with E-state index in [0.717, 1.165) is 16.7 Å². The van der Waals surface area contributed by atoms with Crippen molar-refractivity contribution < 1.29 is 24.4 Å². The fourth-order valence-corrected chi connectivity index (χ4v) is 3.11. The molecule has 0 saturated carbocycles. The lowest BCUT2D eigenvalue weighted by molar-refractivity contribution is -0.384. The first kappa shape index (κ1) is 16.9. The second-order valence-corrected chi connectivity index (χ2v) is 6.05. The molecule has 122 valence electrons. The van der Waals surface area contributed by atoms with Crippen LogP contribution in [0.4, 0.5) is 11.4 Å². The third-order valence-electron chi connectivity index (χ3n) is 3.22. The van der Waals surface area contributed by atoms with E-state index in [1.165, 1.54) is 24.3 Å². The van der Waals surface area contributed by atoms with Crippen molar-refractivity contribution in [2.75, 3.05) is 10.7 Å². The number of nitro groups is 1. The fraction of sp³-hybridized carbons (Fsp3) is 0.308. The van der Waals surface area contributed by atoms with Gasteiger partial charge >= 0.3 is 5.97 Å². The molecule has 1 heterocycles. The van der Waals surface area contributed by atoms with Gasteiger partial charge < -0.3 is 10.8 Å². The van der Waals surface area contributed by atoms with Crippen molar-refractivity contribution >= 4 is 40.9 Å². The number of hydrogen-bond acceptors (Lipinski definition) is 7. The molecule has 0 aliphatic carbocycles. The zero-order chi connectivity index (χ0) is 17.1. The summed E-state index contributed by atoms with van der Waals surface area (Å²) in [6.07, 6.45) is -0.0627. The predicted molar refractivity (Wildman–Crippen MR) is 82.1 cm³/mol. The highest BCUT2D eigenvalue weighted by atomic mass is 32.2. The summed E-state index contributed by atoms with van der Waals surface area (Å²) in [4.78, 5) is 45.9. The van der Waals surface area contributed by atoms with Gasteiger partial charge in [-0.15, -0.1) is 11.8 Å². The summed E-state index contributed by atoms with van der Waals surface area (Å²) in [5.74, 6) is -2.09. The zero-order valence-corrected chi connectivity index (χ0v) is 12.6. The van der Waals surface area contributed by atoms with Crippen LogP contribution < -0.4 is 10.6 Å². The Labute approximate surface area is 134 Å². The maximum absolute atomic E-state index is 12.3. The predicted octanol–water partition coefficient (Wildman–Crippen LogP) is 0.372. The molecule has 0 aromatic heterocycles. The Hall–Kier alpha value is -2.46. The van der Waals surface area contributed by atoms with Crippen LogP contribution in [-0.2, 0) is 14.4 Å². The normalized spacial score (nSPS) is 19.0. The number of amides is 2. The summed E-state index contributed by atoms with van der Waals surface area (Å²) in [6, 6.07) is 3.94. The number of rotatable bonds is 6. The number of non-ortho nitro benzene ring substituents is 1. The van der Waals surface area contributed by atoms with Gasteiger partial charge in [0, 0.05) is 24.3 Å². The van der Waals surface area contributed by atoms with Gasteiger partial charge in [-0.1, -0.05) is 0 Å². The molecule has 2 atom stereocenters. The van der Waals surface area contributed by atoms with Gasteiger partial charge in [0.05, 0.1) is 15.9 Å². The van der Waals surface area contributed by atoms with Gasteiger partial charge in [0.15, 0.2) is 0 Å². The molecule has 2 rings (SSSR count). The number of nitrogens with two attached hydrogens (primary N) is 1. The van der Waals surface area contributed by atoms with E-state index < -0.39 is 34.0 Å². The van der Waals surface area contributed by atoms with Crippen molar-refractivity contribution in [2.45, 2.75) is 17.7 Å². The minimum atomic E-state index is -1.18. The largest absolute Gasteiger partial charge is 0.480 e. The lowest BCUT2D eigenvalue weighted by Crippen LogP contribution is -2.35. The summed E-state index contributed by atoms with van der Waals surface area (Å²) in [5.41, 5.74) is 5.47. The van der Waals surface area contributed by atoms with Gasteiger partial charge in [-0.3, -0.25) is 24.5 Å². The number of imide groups is 1. The Morgan fingerprint density at radius 1 is 1.43 bits per heavy atom. The smallest absolute Gasteiger partial charge is 0.321 e. The van der Waals surface area contributed by atoms with Crippen LogP contribution >= 0.6 is 11.8 Å². The molecular formula is C13H13N3O6S. The Balaban J connectivity index is 2.09. The maximum atomic E-state index is 12.3. The van der Waals surface area contributed by atoms with Crippen molar-refractivity contribution in [1.29, 1.82) is 0 Å². The molecule has 1 saturated heterocycles. The number of aliphatic carboxylic acids is 1. The van der Waals surface area contributed by atoms with E-state index in [0.29, 0.717) is 0 Å². The zero-order valence-electron chi connectivity index (χ0n) is 11.7. The summed E-state index contributed by atoms with van der Waals surface area (Å²) >= 11 is 1.01. The Morgan fingerprint density at radius 3 is 2.57 bits per heavy atom. The monoisotopic (exact) mass is 339 g/mol. The van der Waals surface area contributed by atoms with Gasteiger partial charge in [-0.25, -0.2) is 4.90 Å². The molecule has 0 radical (unpaired) electrons. The molecule has 9 nitrogen and oxygen atoms in total. The number of carbonyl (C=O) groups excluding carboxylic acids is 2. The van der Waals surface area contributed by atoms with Gasteiger partial charge in [0.25, 0.3) is 5.69 Å². The van der Waals surface area contributed by atoms with Crippen molar-refractivity contribution in [3.8, 4) is 0 Å². The Morgan fingerprint density at radius 2 is 2.04 bits per heavy atom. The highest BCUT2D eigenvalue weighted by Gasteiger charge is 2.40. The van der Waals surface area contributed by atoms with Crippen molar-refractivity contribution in [3.05, 3.63) is 34.4 Å². The SMILES string of the molecule is NC(CSC1CC(=O)N(c2ccc([N+](=O)[O-])cc2)C1=O)C(=O)O. The summed E-state index contributed by atoms with van der Waals surface area (Å²) in [7, 11) is 0. The number of carboxylic acids is 1. The second kappa shape index (κ2) is 6.75. The van der Waals surface area contributed by atoms with Crippen LogP contribution in [0, 0.1) is 10.1 Å². The number of benzene rings is 1. The summed E-state index contributed by atoms with van der Waals surface area (Å²) < 4.78 is 0. The van der Waals surface area contributed by atoms with Crippen LogP contribution in [0.25, 0.3) is 0 Å². The van der Waals surface area contributed by atoms with E-state index in [1.54, 1.807) is 0 Å². The summed E-state index contributed by atoms with van der Waals surface area (Å²) in [5, 5.41) is 18.6. The van der Waals surface area contributed by atoms with Crippen LogP contribution in [0.15, 0.2) is 24.3 Å². The fourth-order valence-electron chi connectivity index (χ4n) is 2.02. The van der Waals surface area contributed by atoms with Crippen LogP contribution in [-0.4, -0.2) is 44.9 Å². The van der Waals surface area contributed by atoms with Gasteiger partial charge in [-0.05, 0) is 12.1 Å². The molecule has 1 aromatic rings. The third kappa shape index (κ3) is 3.66. The molecule has 2 unspecified atom stereocenters. The molecule has 1 aliphatic heterocycles. The van der Waals surface area contributed by atoms with E-state index >= 15 is 0 Å². The number of nitro benzene ring substituents is 1. The van der Waals surface area contributed by atoms with Crippen molar-refractivity contribution in [1.82, 2.24) is 0 Å². The topological polar surface area (TPSA) is 144 Å². The number of carbonyl (C=O) groups is 3. The number of carboxylic acid groups (broad SMARTS) is 1. The van der Waals surface area contributed by atoms with Crippen LogP contribution in [0.1, 0.15) is 6.42 Å². The first-order valence-corrected chi connectivity index (χ1v) is 7.57. The third-order valence-corrected chi connectivity index (χ3v) is 4.54. The Bertz CT molecular complexity index is 662. The van der Waals surface area contributed by atoms with Crippen molar-refractivity contribution in [3.63, 3.8) is 0 Å². The van der Waals surface area contributed by atoms with Gasteiger partial charge in [-0.2, -0.15) is 0 Å². The first-order valence-electron chi connectivity index (χ1n) is 6.52. The highest BCUT2D eigenvalue weighted by Crippen LogP contribution is 2.30. The molecule has 1 aromatic carbocycles. The summed E-state index contributed by atoms with van der Waals surface area (Å²) in [6.45, 7) is 0. The van der Waals surface area contributed by atoms with E-state index in [2.05, 4.69) is 0 Å². The molecule has 10 heteroatoms. The van der Waals surface area contributed by atoms with Gasteiger partial charge in [0.1, 0.15) is 6.04 Å². The average Bonchev–Trinajstić information content (AvgIpc) is 2.79. The standard InChI is InChI=1S/C13H13N3O6S/c14-9(13(19)20)6-23-10-5-11(17)15(12(10)18)7-1-3-8(4-2-7)16(21)22/h1-4,9-10H,5-6,14H2,(H,19,20). The average molecular weight is 339 g/mol. The number of anilines is 1. The lowest BCUT2D eigenvalue weighted by atomic mass is 10.2. The van der Waals surface area contributed by atoms with Crippen molar-refractivity contribution in [2.24, 2.45) is 5.73 Å². The second-order valence-electron chi connectivity index (χ2n) is 4.81. The minimum absolute atomic E-state index is 0.00706. The van der Waals surface area contributed by atoms with Crippen LogP contribution in [0.3, 0.4) is 0 Å². The number of nitrogens with zero attached hydrogens (tertiary/aromatic N) is 2. The molecule has 3 N–H and O–H groups in total. The maximum Gasteiger partial charge on any atom is 0.321 e. The highest BCUT2D eigenvalue weighted by molar-refractivity contribution is 8.00. The molecule has 0 spiro atoms. The quantitative estimate of drug-likeness (QED) is 0.430. The molecule has 1 fully saturated rings. The molecule has 2 amide bonds. The number of hydrogen-bond donors (Lipinski definition) is 2. The van der Waals surface area contributed by atoms with Crippen LogP contribution in [0.2, 0.25) is 0 Å². The Kier molecular flexibility index (Phi) is 4.96. The number of thioether (sulfide) groups is 1. The van der Waals surface area contributed by atoms with Crippen LogP contribution in [0.5, 0.6) is 0 Å². The van der Waals surface area contributed by atoms with Gasteiger partial charge in [0.2, 0.25) is 11.8 Å². The lowest BCUT2D eigenvalue weighted by Gasteiger charge is -2.15.